The van der Waals surface area contributed by atoms with Gasteiger partial charge >= 0.3 is 6.01 Å². The Morgan fingerprint density at radius 3 is 2.52 bits per heavy atom. The minimum absolute atomic E-state index is 0.417. The maximum Gasteiger partial charge on any atom is 0.323 e. The molecule has 0 radical (unpaired) electrons. The number of nitrogens with one attached hydrogen (secondary N) is 1. The molecular weight excluding hydrogens is 266 g/mol. The van der Waals surface area contributed by atoms with Crippen molar-refractivity contribution in [3.8, 4) is 6.01 Å². The maximum absolute atomic E-state index is 5.59. The topological polar surface area (TPSA) is 63.2 Å². The Kier molecular flexibility index (Phi) is 6.02. The van der Waals surface area contributed by atoms with E-state index < -0.39 is 0 Å². The normalized spacial score (nSPS) is 15.8. The molecule has 1 heterocycles. The quantitative estimate of drug-likeness (QED) is 0.834. The molecule has 6 nitrogen and oxygen atoms in total. The van der Waals surface area contributed by atoms with Crippen LogP contribution in [0.2, 0.25) is 0 Å². The van der Waals surface area contributed by atoms with Crippen LogP contribution in [0.5, 0.6) is 6.01 Å². The van der Waals surface area contributed by atoms with Gasteiger partial charge in [-0.15, -0.1) is 0 Å². The van der Waals surface area contributed by atoms with Crippen LogP contribution in [0.15, 0.2) is 0 Å². The first-order chi connectivity index (χ1) is 10.3. The second-order valence-electron chi connectivity index (χ2n) is 5.42. The van der Waals surface area contributed by atoms with Crippen LogP contribution in [0.3, 0.4) is 0 Å². The van der Waals surface area contributed by atoms with E-state index in [9.17, 15) is 0 Å². The summed E-state index contributed by atoms with van der Waals surface area (Å²) < 4.78 is 5.59. The Morgan fingerprint density at radius 2 is 1.90 bits per heavy atom. The van der Waals surface area contributed by atoms with Crippen molar-refractivity contribution in [1.29, 1.82) is 0 Å². The summed E-state index contributed by atoms with van der Waals surface area (Å²) in [5.41, 5.74) is 0. The van der Waals surface area contributed by atoms with Crippen LogP contribution in [0.25, 0.3) is 0 Å². The molecule has 0 unspecified atom stereocenters. The third-order valence-electron chi connectivity index (χ3n) is 3.88. The lowest BCUT2D eigenvalue weighted by Gasteiger charge is -2.33. The van der Waals surface area contributed by atoms with Crippen molar-refractivity contribution in [3.63, 3.8) is 0 Å². The molecule has 0 atom stereocenters. The molecule has 0 aliphatic heterocycles. The first kappa shape index (κ1) is 15.8. The van der Waals surface area contributed by atoms with E-state index >= 15 is 0 Å². The first-order valence-corrected chi connectivity index (χ1v) is 8.11. The summed E-state index contributed by atoms with van der Waals surface area (Å²) in [6.07, 6.45) is 7.32. The number of aromatic nitrogens is 3. The van der Waals surface area contributed by atoms with Gasteiger partial charge in [-0.1, -0.05) is 26.2 Å². The Bertz CT molecular complexity index is 434. The first-order valence-electron chi connectivity index (χ1n) is 8.11. The molecule has 1 N–H and O–H groups in total. The van der Waals surface area contributed by atoms with E-state index in [2.05, 4.69) is 39.0 Å². The molecule has 118 valence electrons. The molecule has 1 saturated carbocycles. The van der Waals surface area contributed by atoms with E-state index in [0.29, 0.717) is 24.6 Å². The average Bonchev–Trinajstić information content (AvgIpc) is 2.54. The molecule has 1 aliphatic rings. The average molecular weight is 293 g/mol. The number of anilines is 2. The van der Waals surface area contributed by atoms with Crippen LogP contribution in [0.1, 0.15) is 52.4 Å². The van der Waals surface area contributed by atoms with Gasteiger partial charge in [-0.05, 0) is 26.2 Å². The monoisotopic (exact) mass is 293 g/mol. The van der Waals surface area contributed by atoms with Gasteiger partial charge in [0.25, 0.3) is 0 Å². The number of nitrogens with zero attached hydrogens (tertiary/aromatic N) is 4. The van der Waals surface area contributed by atoms with Crippen molar-refractivity contribution in [2.75, 3.05) is 30.4 Å². The molecule has 1 aliphatic carbocycles. The second-order valence-corrected chi connectivity index (χ2v) is 5.42. The van der Waals surface area contributed by atoms with Crippen molar-refractivity contribution in [1.82, 2.24) is 15.0 Å². The zero-order valence-electron chi connectivity index (χ0n) is 13.4. The van der Waals surface area contributed by atoms with Crippen molar-refractivity contribution in [2.24, 2.45) is 0 Å². The summed E-state index contributed by atoms with van der Waals surface area (Å²) in [6.45, 7) is 5.76. The van der Waals surface area contributed by atoms with Gasteiger partial charge in [-0.3, -0.25) is 0 Å². The van der Waals surface area contributed by atoms with Crippen LogP contribution in [-0.2, 0) is 0 Å². The fraction of sp³-hybridized carbons (Fsp3) is 0.800. The minimum Gasteiger partial charge on any atom is -0.463 e. The highest BCUT2D eigenvalue weighted by atomic mass is 16.5. The van der Waals surface area contributed by atoms with Gasteiger partial charge < -0.3 is 15.0 Å². The highest BCUT2D eigenvalue weighted by molar-refractivity contribution is 5.39. The fourth-order valence-corrected chi connectivity index (χ4v) is 2.80. The number of hydrogen-bond donors (Lipinski definition) is 1. The number of ether oxygens (including phenoxy) is 1. The van der Waals surface area contributed by atoms with E-state index in [-0.39, 0.29) is 0 Å². The van der Waals surface area contributed by atoms with Crippen LogP contribution < -0.4 is 15.0 Å². The van der Waals surface area contributed by atoms with Gasteiger partial charge in [-0.25, -0.2) is 0 Å². The molecule has 0 aromatic carbocycles. The van der Waals surface area contributed by atoms with Crippen molar-refractivity contribution in [2.45, 2.75) is 58.4 Å². The highest BCUT2D eigenvalue weighted by Crippen LogP contribution is 2.26. The lowest BCUT2D eigenvalue weighted by molar-refractivity contribution is 0.291. The van der Waals surface area contributed by atoms with Crippen LogP contribution in [0, 0.1) is 0 Å². The van der Waals surface area contributed by atoms with Gasteiger partial charge in [0.1, 0.15) is 0 Å². The Labute approximate surface area is 127 Å². The Hall–Kier alpha value is -1.59. The fourth-order valence-electron chi connectivity index (χ4n) is 2.80. The summed E-state index contributed by atoms with van der Waals surface area (Å²) in [5.74, 6) is 1.30. The maximum atomic E-state index is 5.59. The van der Waals surface area contributed by atoms with Crippen LogP contribution >= 0.6 is 0 Å². The summed E-state index contributed by atoms with van der Waals surface area (Å²) in [5, 5.41) is 3.00. The summed E-state index contributed by atoms with van der Waals surface area (Å²) in [7, 11) is 1.82. The van der Waals surface area contributed by atoms with Crippen LogP contribution in [-0.4, -0.2) is 41.2 Å². The molecule has 0 amide bonds. The SMILES string of the molecule is CCCOc1nc(NC)nc(N(CC)C2CCCCC2)n1. The van der Waals surface area contributed by atoms with Crippen LogP contribution in [0.4, 0.5) is 11.9 Å². The van der Waals surface area contributed by atoms with Gasteiger partial charge in [0.2, 0.25) is 11.9 Å². The molecule has 1 aromatic rings. The molecule has 0 bridgehead atoms. The lowest BCUT2D eigenvalue weighted by atomic mass is 9.94. The molecule has 0 saturated heterocycles. The van der Waals surface area contributed by atoms with Gasteiger partial charge in [-0.2, -0.15) is 15.0 Å². The Balaban J connectivity index is 2.21. The molecule has 21 heavy (non-hydrogen) atoms. The lowest BCUT2D eigenvalue weighted by Crippen LogP contribution is -2.38. The molecule has 2 rings (SSSR count). The second kappa shape index (κ2) is 8.00. The van der Waals surface area contributed by atoms with Gasteiger partial charge in [0, 0.05) is 19.6 Å². The smallest absolute Gasteiger partial charge is 0.323 e. The van der Waals surface area contributed by atoms with E-state index in [1.165, 1.54) is 32.1 Å². The predicted molar refractivity (Wildman–Crippen MR) is 85.1 cm³/mol. The Morgan fingerprint density at radius 1 is 1.14 bits per heavy atom. The molecular formula is C15H27N5O. The van der Waals surface area contributed by atoms with Crippen molar-refractivity contribution < 1.29 is 4.74 Å². The summed E-state index contributed by atoms with van der Waals surface area (Å²) >= 11 is 0. The highest BCUT2D eigenvalue weighted by Gasteiger charge is 2.23. The third kappa shape index (κ3) is 4.19. The minimum atomic E-state index is 0.417. The number of rotatable bonds is 7. The van der Waals surface area contributed by atoms with E-state index in [1.807, 2.05) is 7.05 Å². The molecule has 1 aromatic heterocycles. The van der Waals surface area contributed by atoms with E-state index in [0.717, 1.165) is 18.9 Å². The zero-order chi connectivity index (χ0) is 15.1. The van der Waals surface area contributed by atoms with Crippen molar-refractivity contribution >= 4 is 11.9 Å². The van der Waals surface area contributed by atoms with E-state index in [1.54, 1.807) is 0 Å². The predicted octanol–water partition coefficient (Wildman–Crippen LogP) is 2.86. The largest absolute Gasteiger partial charge is 0.463 e. The molecule has 6 heteroatoms. The van der Waals surface area contributed by atoms with Gasteiger partial charge in [0.15, 0.2) is 0 Å². The molecule has 1 fully saturated rings. The number of hydrogen-bond acceptors (Lipinski definition) is 6. The summed E-state index contributed by atoms with van der Waals surface area (Å²) in [4.78, 5) is 15.6. The molecule has 0 spiro atoms. The zero-order valence-corrected chi connectivity index (χ0v) is 13.4. The van der Waals surface area contributed by atoms with E-state index in [4.69, 9.17) is 4.74 Å². The van der Waals surface area contributed by atoms with Gasteiger partial charge in [0.05, 0.1) is 6.61 Å². The third-order valence-corrected chi connectivity index (χ3v) is 3.88. The standard InChI is InChI=1S/C15H27N5O/c1-4-11-21-15-18-13(16-3)17-14(19-15)20(5-2)12-9-7-6-8-10-12/h12H,4-11H2,1-3H3,(H,16,17,18,19). The van der Waals surface area contributed by atoms with Crippen molar-refractivity contribution in [3.05, 3.63) is 0 Å². The summed E-state index contributed by atoms with van der Waals surface area (Å²) in [6, 6.07) is 0.954.